The lowest BCUT2D eigenvalue weighted by molar-refractivity contribution is -0.142. The van der Waals surface area contributed by atoms with Gasteiger partial charge in [0.15, 0.2) is 0 Å². The molecule has 0 aromatic carbocycles. The molecule has 1 aliphatic heterocycles. The number of carbonyl (C=O) groups is 2. The molecule has 1 saturated heterocycles. The van der Waals surface area contributed by atoms with Crippen molar-refractivity contribution in [2.45, 2.75) is 38.3 Å². The van der Waals surface area contributed by atoms with Gasteiger partial charge in [0.25, 0.3) is 0 Å². The van der Waals surface area contributed by atoms with Crippen molar-refractivity contribution in [2.24, 2.45) is 5.92 Å². The molecule has 1 rings (SSSR count). The predicted octanol–water partition coefficient (Wildman–Crippen LogP) is 1.00. The Morgan fingerprint density at radius 2 is 2.29 bits per heavy atom. The molecule has 1 heterocycles. The zero-order valence-electron chi connectivity index (χ0n) is 10.1. The Labute approximate surface area is 100 Å². The topological polar surface area (TPSA) is 84.9 Å². The number of aliphatic carboxylic acids is 1. The maximum absolute atomic E-state index is 11.1. The summed E-state index contributed by atoms with van der Waals surface area (Å²) in [6.07, 6.45) is 1.50. The van der Waals surface area contributed by atoms with Gasteiger partial charge in [-0.05, 0) is 25.2 Å². The van der Waals surface area contributed by atoms with E-state index in [9.17, 15) is 9.59 Å². The fourth-order valence-electron chi connectivity index (χ4n) is 2.06. The van der Waals surface area contributed by atoms with Gasteiger partial charge in [-0.1, -0.05) is 6.92 Å². The van der Waals surface area contributed by atoms with Gasteiger partial charge in [-0.25, -0.2) is 9.59 Å². The molecule has 0 aliphatic carbocycles. The van der Waals surface area contributed by atoms with Crippen molar-refractivity contribution in [1.82, 2.24) is 5.32 Å². The van der Waals surface area contributed by atoms with Gasteiger partial charge < -0.3 is 19.9 Å². The van der Waals surface area contributed by atoms with Gasteiger partial charge in [0.05, 0.1) is 13.2 Å². The van der Waals surface area contributed by atoms with Crippen LogP contribution in [0.4, 0.5) is 4.79 Å². The summed E-state index contributed by atoms with van der Waals surface area (Å²) in [6.45, 7) is 2.53. The van der Waals surface area contributed by atoms with Gasteiger partial charge in [0, 0.05) is 6.61 Å². The van der Waals surface area contributed by atoms with E-state index in [1.54, 1.807) is 0 Å². The molecule has 1 aliphatic rings. The van der Waals surface area contributed by atoms with E-state index < -0.39 is 18.1 Å². The number of carboxylic acid groups (broad SMARTS) is 1. The third-order valence-corrected chi connectivity index (χ3v) is 3.06. The van der Waals surface area contributed by atoms with E-state index in [4.69, 9.17) is 9.84 Å². The number of rotatable bonds is 4. The number of hydrogen-bond acceptors (Lipinski definition) is 4. The fraction of sp³-hybridized carbons (Fsp3) is 0.818. The van der Waals surface area contributed by atoms with Crippen molar-refractivity contribution < 1.29 is 24.2 Å². The van der Waals surface area contributed by atoms with E-state index in [0.29, 0.717) is 19.4 Å². The van der Waals surface area contributed by atoms with Crippen LogP contribution in [-0.4, -0.2) is 43.0 Å². The van der Waals surface area contributed by atoms with Crippen LogP contribution in [0.1, 0.15) is 26.2 Å². The number of hydrogen-bond donors (Lipinski definition) is 2. The molecular weight excluding hydrogens is 226 g/mol. The van der Waals surface area contributed by atoms with Crippen molar-refractivity contribution >= 4 is 12.1 Å². The Kier molecular flexibility index (Phi) is 5.21. The largest absolute Gasteiger partial charge is 0.480 e. The number of ether oxygens (including phenoxy) is 2. The second-order valence-corrected chi connectivity index (χ2v) is 4.14. The van der Waals surface area contributed by atoms with E-state index in [1.807, 2.05) is 6.92 Å². The van der Waals surface area contributed by atoms with Gasteiger partial charge in [-0.15, -0.1) is 0 Å². The van der Waals surface area contributed by atoms with E-state index in [0.717, 1.165) is 6.42 Å². The fourth-order valence-corrected chi connectivity index (χ4v) is 2.06. The number of methoxy groups -OCH3 is 1. The summed E-state index contributed by atoms with van der Waals surface area (Å²) in [5, 5.41) is 11.5. The molecule has 0 spiro atoms. The minimum absolute atomic E-state index is 0.0787. The average molecular weight is 245 g/mol. The quantitative estimate of drug-likeness (QED) is 0.771. The summed E-state index contributed by atoms with van der Waals surface area (Å²) in [5.74, 6) is -1.14. The molecule has 0 saturated carbocycles. The molecule has 2 N–H and O–H groups in total. The maximum atomic E-state index is 11.1. The van der Waals surface area contributed by atoms with Crippen molar-refractivity contribution in [3.05, 3.63) is 0 Å². The van der Waals surface area contributed by atoms with Crippen molar-refractivity contribution in [3.63, 3.8) is 0 Å². The number of alkyl carbamates (subject to hydrolysis) is 1. The smallest absolute Gasteiger partial charge is 0.407 e. The van der Waals surface area contributed by atoms with E-state index in [-0.39, 0.29) is 12.0 Å². The van der Waals surface area contributed by atoms with E-state index in [2.05, 4.69) is 10.1 Å². The molecule has 0 unspecified atom stereocenters. The minimum atomic E-state index is -1.03. The number of nitrogens with one attached hydrogen (secondary N) is 1. The van der Waals surface area contributed by atoms with Crippen LogP contribution in [0.3, 0.4) is 0 Å². The van der Waals surface area contributed by atoms with Gasteiger partial charge >= 0.3 is 12.1 Å². The molecule has 0 aromatic heterocycles. The third-order valence-electron chi connectivity index (χ3n) is 3.06. The Balaban J connectivity index is 2.63. The van der Waals surface area contributed by atoms with Gasteiger partial charge in [-0.3, -0.25) is 0 Å². The van der Waals surface area contributed by atoms with Crippen LogP contribution in [0, 0.1) is 5.92 Å². The first-order valence-electron chi connectivity index (χ1n) is 5.77. The standard InChI is InChI=1S/C11H19NO5/c1-3-8-6-7(4-5-17-8)9(10(13)14)12-11(15)16-2/h7-9H,3-6H2,1-2H3,(H,12,15)(H,13,14)/t7-,8+,9+/m0/s1. The Morgan fingerprint density at radius 3 is 2.82 bits per heavy atom. The molecule has 0 bridgehead atoms. The lowest BCUT2D eigenvalue weighted by Crippen LogP contribution is -2.48. The molecule has 0 radical (unpaired) electrons. The monoisotopic (exact) mass is 245 g/mol. The Hall–Kier alpha value is -1.30. The van der Waals surface area contributed by atoms with Crippen LogP contribution >= 0.6 is 0 Å². The molecule has 6 nitrogen and oxygen atoms in total. The number of amides is 1. The summed E-state index contributed by atoms with van der Waals surface area (Å²) in [4.78, 5) is 22.2. The Bertz CT molecular complexity index is 281. The number of carboxylic acids is 1. The third kappa shape index (κ3) is 3.89. The normalized spacial score (nSPS) is 26.0. The predicted molar refractivity (Wildman–Crippen MR) is 59.7 cm³/mol. The van der Waals surface area contributed by atoms with Gasteiger partial charge in [0.2, 0.25) is 0 Å². The SMILES string of the molecule is CC[C@@H]1C[C@@H]([C@@H](NC(=O)OC)C(=O)O)CCO1. The highest BCUT2D eigenvalue weighted by Gasteiger charge is 2.34. The summed E-state index contributed by atoms with van der Waals surface area (Å²) < 4.78 is 9.91. The Morgan fingerprint density at radius 1 is 1.59 bits per heavy atom. The lowest BCUT2D eigenvalue weighted by atomic mass is 9.88. The highest BCUT2D eigenvalue weighted by molar-refractivity contribution is 5.80. The first-order chi connectivity index (χ1) is 8.08. The molecule has 6 heteroatoms. The lowest BCUT2D eigenvalue weighted by Gasteiger charge is -2.32. The van der Waals surface area contributed by atoms with Gasteiger partial charge in [-0.2, -0.15) is 0 Å². The highest BCUT2D eigenvalue weighted by Crippen LogP contribution is 2.25. The van der Waals surface area contributed by atoms with Crippen molar-refractivity contribution in [1.29, 1.82) is 0 Å². The molecule has 98 valence electrons. The average Bonchev–Trinajstić information content (AvgIpc) is 2.35. The van der Waals surface area contributed by atoms with Crippen LogP contribution in [0.25, 0.3) is 0 Å². The molecule has 17 heavy (non-hydrogen) atoms. The van der Waals surface area contributed by atoms with Crippen LogP contribution in [0.5, 0.6) is 0 Å². The second kappa shape index (κ2) is 6.44. The van der Waals surface area contributed by atoms with Crippen molar-refractivity contribution in [3.8, 4) is 0 Å². The summed E-state index contributed by atoms with van der Waals surface area (Å²) in [6, 6.07) is -0.902. The first kappa shape index (κ1) is 13.8. The zero-order chi connectivity index (χ0) is 12.8. The van der Waals surface area contributed by atoms with Crippen LogP contribution in [-0.2, 0) is 14.3 Å². The second-order valence-electron chi connectivity index (χ2n) is 4.14. The zero-order valence-corrected chi connectivity index (χ0v) is 10.1. The van der Waals surface area contributed by atoms with Crippen LogP contribution in [0.2, 0.25) is 0 Å². The maximum Gasteiger partial charge on any atom is 0.407 e. The van der Waals surface area contributed by atoms with Crippen LogP contribution < -0.4 is 5.32 Å². The van der Waals surface area contributed by atoms with Crippen molar-refractivity contribution in [2.75, 3.05) is 13.7 Å². The van der Waals surface area contributed by atoms with Gasteiger partial charge in [0.1, 0.15) is 6.04 Å². The number of carbonyl (C=O) groups excluding carboxylic acids is 1. The summed E-state index contributed by atoms with van der Waals surface area (Å²) in [7, 11) is 1.22. The molecule has 0 aromatic rings. The molecular formula is C11H19NO5. The molecule has 3 atom stereocenters. The summed E-state index contributed by atoms with van der Waals surface area (Å²) in [5.41, 5.74) is 0. The molecule has 1 fully saturated rings. The minimum Gasteiger partial charge on any atom is -0.480 e. The van der Waals surface area contributed by atoms with Crippen LogP contribution in [0.15, 0.2) is 0 Å². The highest BCUT2D eigenvalue weighted by atomic mass is 16.5. The molecule has 1 amide bonds. The first-order valence-corrected chi connectivity index (χ1v) is 5.77. The van der Waals surface area contributed by atoms with E-state index >= 15 is 0 Å². The summed E-state index contributed by atoms with van der Waals surface area (Å²) >= 11 is 0. The van der Waals surface area contributed by atoms with E-state index in [1.165, 1.54) is 7.11 Å².